The molecule has 0 aliphatic heterocycles. The Hall–Kier alpha value is -3.70. The molecule has 3 aromatic carbocycles. The summed E-state index contributed by atoms with van der Waals surface area (Å²) in [6, 6.07) is 19.1. The Kier molecular flexibility index (Phi) is 4.97. The number of benzene rings is 3. The first-order chi connectivity index (χ1) is 14.0. The molecule has 0 bridgehead atoms. The summed E-state index contributed by atoms with van der Waals surface area (Å²) in [6.45, 7) is 0. The number of aromatic carboxylic acids is 1. The van der Waals surface area contributed by atoms with Crippen LogP contribution in [0, 0.1) is 0 Å². The Balaban J connectivity index is 1.69. The number of carbonyl (C=O) groups is 2. The SMILES string of the molecule is O=C(Nc1ccc(Cl)cc1C(=O)[O-])c1cccc(-c2cccc3cnccc23)c1. The fourth-order valence-corrected chi connectivity index (χ4v) is 3.36. The quantitative estimate of drug-likeness (QED) is 0.556. The van der Waals surface area contributed by atoms with Crippen molar-refractivity contribution in [1.29, 1.82) is 0 Å². The van der Waals surface area contributed by atoms with Gasteiger partial charge in [0.25, 0.3) is 5.91 Å². The number of carboxylic acid groups (broad SMARTS) is 1. The summed E-state index contributed by atoms with van der Waals surface area (Å²) in [5.74, 6) is -1.85. The summed E-state index contributed by atoms with van der Waals surface area (Å²) in [7, 11) is 0. The number of amides is 1. The highest BCUT2D eigenvalue weighted by Crippen LogP contribution is 2.29. The van der Waals surface area contributed by atoms with Gasteiger partial charge in [-0.25, -0.2) is 0 Å². The maximum Gasteiger partial charge on any atom is 0.255 e. The fraction of sp³-hybridized carbons (Fsp3) is 0. The van der Waals surface area contributed by atoms with Crippen molar-refractivity contribution in [2.75, 3.05) is 5.32 Å². The molecule has 1 heterocycles. The van der Waals surface area contributed by atoms with E-state index in [4.69, 9.17) is 11.6 Å². The van der Waals surface area contributed by atoms with E-state index in [1.54, 1.807) is 30.6 Å². The Morgan fingerprint density at radius 3 is 2.62 bits per heavy atom. The molecule has 1 N–H and O–H groups in total. The van der Waals surface area contributed by atoms with Crippen LogP contribution >= 0.6 is 11.6 Å². The summed E-state index contributed by atoms with van der Waals surface area (Å²) < 4.78 is 0. The van der Waals surface area contributed by atoms with Crippen LogP contribution in [0.15, 0.2) is 79.1 Å². The van der Waals surface area contributed by atoms with E-state index in [2.05, 4.69) is 10.3 Å². The molecule has 0 saturated heterocycles. The Labute approximate surface area is 171 Å². The summed E-state index contributed by atoms with van der Waals surface area (Å²) in [5.41, 5.74) is 2.18. The molecule has 0 atom stereocenters. The minimum atomic E-state index is -1.42. The van der Waals surface area contributed by atoms with Crippen molar-refractivity contribution in [3.8, 4) is 11.1 Å². The highest BCUT2D eigenvalue weighted by atomic mass is 35.5. The number of carbonyl (C=O) groups excluding carboxylic acids is 2. The van der Waals surface area contributed by atoms with Crippen molar-refractivity contribution in [2.45, 2.75) is 0 Å². The lowest BCUT2D eigenvalue weighted by Crippen LogP contribution is -2.25. The van der Waals surface area contributed by atoms with Crippen molar-refractivity contribution in [1.82, 2.24) is 4.98 Å². The molecule has 1 amide bonds. The molecule has 5 nitrogen and oxygen atoms in total. The van der Waals surface area contributed by atoms with E-state index < -0.39 is 11.9 Å². The summed E-state index contributed by atoms with van der Waals surface area (Å²) in [4.78, 5) is 28.2. The summed E-state index contributed by atoms with van der Waals surface area (Å²) in [5, 5.41) is 16.2. The van der Waals surface area contributed by atoms with Crippen molar-refractivity contribution < 1.29 is 14.7 Å². The van der Waals surface area contributed by atoms with E-state index in [0.717, 1.165) is 21.9 Å². The van der Waals surface area contributed by atoms with Crippen LogP contribution in [0.1, 0.15) is 20.7 Å². The molecule has 0 spiro atoms. The Morgan fingerprint density at radius 1 is 0.966 bits per heavy atom. The van der Waals surface area contributed by atoms with Gasteiger partial charge < -0.3 is 15.2 Å². The van der Waals surface area contributed by atoms with Crippen LogP contribution < -0.4 is 10.4 Å². The largest absolute Gasteiger partial charge is 0.545 e. The minimum absolute atomic E-state index is 0.126. The van der Waals surface area contributed by atoms with Crippen LogP contribution in [0.4, 0.5) is 5.69 Å². The van der Waals surface area contributed by atoms with Crippen molar-refractivity contribution in [3.63, 3.8) is 0 Å². The lowest BCUT2D eigenvalue weighted by atomic mass is 9.98. The Bertz CT molecular complexity index is 1250. The maximum absolute atomic E-state index is 12.8. The van der Waals surface area contributed by atoms with Crippen molar-refractivity contribution in [3.05, 3.63) is 95.3 Å². The number of anilines is 1. The first-order valence-corrected chi connectivity index (χ1v) is 9.16. The third-order valence-corrected chi connectivity index (χ3v) is 4.80. The standard InChI is InChI=1S/C23H15ClN2O3/c24-17-7-8-21(20(12-17)23(28)29)26-22(27)15-4-1-3-14(11-15)18-6-2-5-16-13-25-10-9-19(16)18/h1-13H,(H,26,27)(H,28,29)/p-1. The lowest BCUT2D eigenvalue weighted by molar-refractivity contribution is -0.254. The minimum Gasteiger partial charge on any atom is -0.545 e. The van der Waals surface area contributed by atoms with Gasteiger partial charge in [0.1, 0.15) is 0 Å². The molecule has 0 saturated carbocycles. The van der Waals surface area contributed by atoms with E-state index in [-0.39, 0.29) is 16.3 Å². The van der Waals surface area contributed by atoms with E-state index in [0.29, 0.717) is 5.56 Å². The van der Waals surface area contributed by atoms with Crippen LogP contribution in [-0.4, -0.2) is 16.9 Å². The zero-order chi connectivity index (χ0) is 20.4. The van der Waals surface area contributed by atoms with Crippen LogP contribution in [0.25, 0.3) is 21.9 Å². The molecule has 4 rings (SSSR count). The molecule has 4 aromatic rings. The monoisotopic (exact) mass is 401 g/mol. The van der Waals surface area contributed by atoms with Crippen LogP contribution in [0.2, 0.25) is 5.02 Å². The van der Waals surface area contributed by atoms with Gasteiger partial charge in [0.05, 0.1) is 11.7 Å². The van der Waals surface area contributed by atoms with Crippen LogP contribution in [0.5, 0.6) is 0 Å². The predicted molar refractivity (Wildman–Crippen MR) is 111 cm³/mol. The number of nitrogens with zero attached hydrogens (tertiary/aromatic N) is 1. The van der Waals surface area contributed by atoms with Gasteiger partial charge in [-0.2, -0.15) is 0 Å². The van der Waals surface area contributed by atoms with E-state index >= 15 is 0 Å². The van der Waals surface area contributed by atoms with Gasteiger partial charge in [-0.1, -0.05) is 41.9 Å². The van der Waals surface area contributed by atoms with Crippen molar-refractivity contribution >= 4 is 39.9 Å². The normalized spacial score (nSPS) is 10.7. The third-order valence-electron chi connectivity index (χ3n) is 4.57. The molecular weight excluding hydrogens is 388 g/mol. The van der Waals surface area contributed by atoms with Gasteiger partial charge in [0.15, 0.2) is 0 Å². The van der Waals surface area contributed by atoms with E-state index in [1.165, 1.54) is 18.2 Å². The topological polar surface area (TPSA) is 82.1 Å². The smallest absolute Gasteiger partial charge is 0.255 e. The van der Waals surface area contributed by atoms with Crippen LogP contribution in [0.3, 0.4) is 0 Å². The number of rotatable bonds is 4. The second-order valence-electron chi connectivity index (χ2n) is 6.41. The van der Waals surface area contributed by atoms with Gasteiger partial charge in [-0.05, 0) is 52.9 Å². The molecule has 0 fully saturated rings. The average molecular weight is 402 g/mol. The summed E-state index contributed by atoms with van der Waals surface area (Å²) in [6.07, 6.45) is 3.52. The zero-order valence-corrected chi connectivity index (χ0v) is 15.8. The van der Waals surface area contributed by atoms with Gasteiger partial charge in [-0.15, -0.1) is 0 Å². The second-order valence-corrected chi connectivity index (χ2v) is 6.85. The first kappa shape index (κ1) is 18.7. The molecule has 1 aromatic heterocycles. The number of aromatic nitrogens is 1. The molecule has 142 valence electrons. The second kappa shape index (κ2) is 7.73. The van der Waals surface area contributed by atoms with Gasteiger partial charge in [0, 0.05) is 33.9 Å². The number of pyridine rings is 1. The van der Waals surface area contributed by atoms with Crippen molar-refractivity contribution in [2.24, 2.45) is 0 Å². The van der Waals surface area contributed by atoms with Crippen LogP contribution in [-0.2, 0) is 0 Å². The van der Waals surface area contributed by atoms with E-state index in [9.17, 15) is 14.7 Å². The van der Waals surface area contributed by atoms with Gasteiger partial charge in [-0.3, -0.25) is 9.78 Å². The summed E-state index contributed by atoms with van der Waals surface area (Å²) >= 11 is 5.84. The highest BCUT2D eigenvalue weighted by molar-refractivity contribution is 6.31. The molecule has 29 heavy (non-hydrogen) atoms. The number of hydrogen-bond donors (Lipinski definition) is 1. The Morgan fingerprint density at radius 2 is 1.79 bits per heavy atom. The number of halogens is 1. The van der Waals surface area contributed by atoms with Gasteiger partial charge in [0.2, 0.25) is 0 Å². The average Bonchev–Trinajstić information content (AvgIpc) is 2.74. The number of carboxylic acids is 1. The zero-order valence-electron chi connectivity index (χ0n) is 15.1. The molecule has 0 unspecified atom stereocenters. The number of fused-ring (bicyclic) bond motifs is 1. The molecular formula is C23H14ClN2O3-. The molecule has 0 aliphatic carbocycles. The number of nitrogens with one attached hydrogen (secondary N) is 1. The van der Waals surface area contributed by atoms with Gasteiger partial charge >= 0.3 is 0 Å². The third kappa shape index (κ3) is 3.81. The maximum atomic E-state index is 12.8. The number of hydrogen-bond acceptors (Lipinski definition) is 4. The molecule has 0 radical (unpaired) electrons. The first-order valence-electron chi connectivity index (χ1n) is 8.78. The lowest BCUT2D eigenvalue weighted by Gasteiger charge is -2.13. The predicted octanol–water partition coefficient (Wildman–Crippen LogP) is 4.17. The molecule has 6 heteroatoms. The highest BCUT2D eigenvalue weighted by Gasteiger charge is 2.12. The van der Waals surface area contributed by atoms with E-state index in [1.807, 2.05) is 30.3 Å². The molecule has 0 aliphatic rings. The fourth-order valence-electron chi connectivity index (χ4n) is 3.19.